The first-order chi connectivity index (χ1) is 21.3. The number of hydrogen-bond donors (Lipinski definition) is 2. The number of carbonyl (C=O) groups is 2. The number of phosphoric acid groups is 1. The molecule has 45 heavy (non-hydrogen) atoms. The number of esters is 1. The third kappa shape index (κ3) is 6.81. The molecular formula is C27H34FN6O10P. The number of alkyl carbamates (subject to hydrolysis) is 1. The molecule has 4 heterocycles. The zero-order valence-electron chi connectivity index (χ0n) is 25.2. The van der Waals surface area contributed by atoms with Crippen LogP contribution < -0.4 is 20.3 Å². The van der Waals surface area contributed by atoms with Gasteiger partial charge in [0.05, 0.1) is 32.8 Å². The highest BCUT2D eigenvalue weighted by Gasteiger charge is 2.62. The molecule has 0 radical (unpaired) electrons. The highest BCUT2D eigenvalue weighted by atomic mass is 31.2. The minimum atomic E-state index is -4.32. The lowest BCUT2D eigenvalue weighted by Gasteiger charge is -2.33. The van der Waals surface area contributed by atoms with Crippen LogP contribution in [-0.2, 0) is 39.0 Å². The molecule has 2 fully saturated rings. The van der Waals surface area contributed by atoms with E-state index in [0.29, 0.717) is 12.2 Å². The molecule has 3 aromatic rings. The molecule has 5 rings (SSSR count). The fraction of sp³-hybridized carbons (Fsp3) is 0.519. The second kappa shape index (κ2) is 12.7. The van der Waals surface area contributed by atoms with Gasteiger partial charge in [-0.3, -0.25) is 13.6 Å². The van der Waals surface area contributed by atoms with Gasteiger partial charge in [0, 0.05) is 6.42 Å². The number of halogens is 1. The molecular weight excluding hydrogens is 618 g/mol. The molecule has 0 spiro atoms. The van der Waals surface area contributed by atoms with E-state index >= 15 is 4.39 Å². The third-order valence-electron chi connectivity index (χ3n) is 6.95. The summed E-state index contributed by atoms with van der Waals surface area (Å²) in [6.45, 7) is 6.39. The van der Waals surface area contributed by atoms with E-state index in [2.05, 4.69) is 25.0 Å². The maximum Gasteiger partial charge on any atom is 0.530 e. The van der Waals surface area contributed by atoms with Crippen molar-refractivity contribution >= 4 is 37.0 Å². The monoisotopic (exact) mass is 652 g/mol. The first-order valence-electron chi connectivity index (χ1n) is 14.1. The first-order valence-corrected chi connectivity index (χ1v) is 15.5. The number of nitrogens with two attached hydrogens (primary N) is 1. The number of hydrogen-bond acceptors (Lipinski definition) is 14. The van der Waals surface area contributed by atoms with Gasteiger partial charge in [0.1, 0.15) is 24.0 Å². The first kappa shape index (κ1) is 32.3. The van der Waals surface area contributed by atoms with Gasteiger partial charge in [0.25, 0.3) is 0 Å². The van der Waals surface area contributed by atoms with Crippen molar-refractivity contribution in [3.8, 4) is 11.6 Å². The molecule has 18 heteroatoms. The highest BCUT2D eigenvalue weighted by Crippen LogP contribution is 2.59. The molecule has 0 aliphatic carbocycles. The van der Waals surface area contributed by atoms with E-state index in [1.165, 1.54) is 37.1 Å². The summed E-state index contributed by atoms with van der Waals surface area (Å²) in [6, 6.07) is 5.09. The van der Waals surface area contributed by atoms with Crippen molar-refractivity contribution in [3.05, 3.63) is 36.2 Å². The minimum absolute atomic E-state index is 0.0693. The molecule has 1 unspecified atom stereocenters. The average molecular weight is 653 g/mol. The summed E-state index contributed by atoms with van der Waals surface area (Å²) < 4.78 is 69.2. The van der Waals surface area contributed by atoms with Gasteiger partial charge in [-0.15, -0.1) is 0 Å². The molecule has 1 amide bonds. The van der Waals surface area contributed by atoms with Gasteiger partial charge < -0.3 is 34.5 Å². The fourth-order valence-corrected chi connectivity index (χ4v) is 6.45. The molecule has 0 bridgehead atoms. The number of anilines is 1. The number of fused-ring (bicyclic) bond motifs is 2. The van der Waals surface area contributed by atoms with Gasteiger partial charge in [-0.2, -0.15) is 9.97 Å². The van der Waals surface area contributed by atoms with Crippen molar-refractivity contribution in [3.63, 3.8) is 0 Å². The lowest BCUT2D eigenvalue weighted by Crippen LogP contribution is -2.45. The third-order valence-corrected chi connectivity index (χ3v) is 8.34. The lowest BCUT2D eigenvalue weighted by molar-refractivity contribution is -0.149. The van der Waals surface area contributed by atoms with E-state index in [1.807, 2.05) is 0 Å². The summed E-state index contributed by atoms with van der Waals surface area (Å²) in [6.07, 6.45) is -3.38. The number of ether oxygens (including phenoxy) is 4. The number of amides is 1. The summed E-state index contributed by atoms with van der Waals surface area (Å²) >= 11 is 0. The second-order valence-corrected chi connectivity index (χ2v) is 12.3. The standard InChI is InChI=1S/C27H34FN6O10P/c1-6-39-22-19-21(32-25(29)33-22)34(13-30-19)24-27(4,28)20-18(42-24)12-40-45(37,44-20)43-16-9-7-15(8-10-16)11-17(31-26(36)38-5)23(35)41-14(2)3/h7-10,13-14,17-18,20,24H,6,11-12H2,1-5H3,(H,31,36)(H2,29,32,33)/t17-,18-,20-,24-,27-,45?/m1/s1. The Morgan fingerprint density at radius 1 is 1.27 bits per heavy atom. The maximum atomic E-state index is 16.5. The van der Waals surface area contributed by atoms with Gasteiger partial charge in [0.2, 0.25) is 11.8 Å². The van der Waals surface area contributed by atoms with Crippen molar-refractivity contribution < 1.29 is 51.1 Å². The molecule has 3 N–H and O–H groups in total. The Kier molecular flexibility index (Phi) is 9.16. The smallest absolute Gasteiger partial charge is 0.476 e. The van der Waals surface area contributed by atoms with Crippen molar-refractivity contribution in [2.75, 3.05) is 26.1 Å². The summed E-state index contributed by atoms with van der Waals surface area (Å²) in [5.41, 5.74) is 4.65. The number of carbonyl (C=O) groups excluding carboxylic acids is 2. The molecule has 2 aliphatic heterocycles. The number of nitrogens with one attached hydrogen (secondary N) is 1. The number of alkyl halides is 1. The number of nitrogens with zero attached hydrogens (tertiary/aromatic N) is 4. The maximum absolute atomic E-state index is 16.5. The van der Waals surface area contributed by atoms with Crippen LogP contribution in [0.3, 0.4) is 0 Å². The zero-order valence-corrected chi connectivity index (χ0v) is 26.1. The Labute approximate surface area is 257 Å². The van der Waals surface area contributed by atoms with E-state index in [1.54, 1.807) is 32.9 Å². The summed E-state index contributed by atoms with van der Waals surface area (Å²) in [4.78, 5) is 36.8. The summed E-state index contributed by atoms with van der Waals surface area (Å²) in [5.74, 6) is -0.503. The predicted molar refractivity (Wildman–Crippen MR) is 154 cm³/mol. The number of aromatic nitrogens is 4. The molecule has 16 nitrogen and oxygen atoms in total. The Hall–Kier alpha value is -4.05. The molecule has 1 aromatic carbocycles. The SMILES string of the molecule is CCOc1nc(N)nc2c1ncn2[C@@H]1O[C@@H]2COP(=O)(Oc3ccc(C[C@@H](NC(=O)OC)C(=O)OC(C)C)cc3)O[C@H]2[C@@]1(C)F. The van der Waals surface area contributed by atoms with Crippen LogP contribution in [0.4, 0.5) is 15.1 Å². The van der Waals surface area contributed by atoms with Gasteiger partial charge in [0.15, 0.2) is 23.1 Å². The Balaban J connectivity index is 1.29. The number of benzene rings is 1. The van der Waals surface area contributed by atoms with E-state index in [-0.39, 0.29) is 41.8 Å². The summed E-state index contributed by atoms with van der Waals surface area (Å²) in [7, 11) is -3.14. The molecule has 6 atom stereocenters. The van der Waals surface area contributed by atoms with E-state index < -0.39 is 56.1 Å². The van der Waals surface area contributed by atoms with E-state index in [0.717, 1.165) is 0 Å². The van der Waals surface area contributed by atoms with Gasteiger partial charge in [-0.05, 0) is 45.4 Å². The predicted octanol–water partition coefficient (Wildman–Crippen LogP) is 3.25. The van der Waals surface area contributed by atoms with Crippen LogP contribution in [0.2, 0.25) is 0 Å². The number of methoxy groups -OCH3 is 1. The van der Waals surface area contributed by atoms with Gasteiger partial charge >= 0.3 is 19.9 Å². The van der Waals surface area contributed by atoms with E-state index in [4.69, 9.17) is 33.5 Å². The zero-order chi connectivity index (χ0) is 32.5. The Morgan fingerprint density at radius 3 is 2.67 bits per heavy atom. The highest BCUT2D eigenvalue weighted by molar-refractivity contribution is 7.49. The Bertz CT molecular complexity index is 1600. The van der Waals surface area contributed by atoms with Crippen LogP contribution in [0.25, 0.3) is 11.2 Å². The van der Waals surface area contributed by atoms with Crippen LogP contribution in [0, 0.1) is 0 Å². The quantitative estimate of drug-likeness (QED) is 0.239. The topological polar surface area (TPSA) is 197 Å². The number of nitrogen functional groups attached to an aromatic ring is 1. The number of imidazole rings is 1. The van der Waals surface area contributed by atoms with Crippen molar-refractivity contribution in [2.45, 2.75) is 70.4 Å². The average Bonchev–Trinajstić information content (AvgIpc) is 3.50. The molecule has 2 aliphatic rings. The van der Waals surface area contributed by atoms with Crippen LogP contribution in [0.1, 0.15) is 39.5 Å². The fourth-order valence-electron chi connectivity index (χ4n) is 4.97. The van der Waals surface area contributed by atoms with Crippen LogP contribution >= 0.6 is 7.82 Å². The molecule has 2 aromatic heterocycles. The number of rotatable bonds is 10. The second-order valence-electron chi connectivity index (χ2n) is 10.7. The Morgan fingerprint density at radius 2 is 2.00 bits per heavy atom. The van der Waals surface area contributed by atoms with Gasteiger partial charge in [-0.1, -0.05) is 12.1 Å². The van der Waals surface area contributed by atoms with E-state index in [9.17, 15) is 14.2 Å². The normalized spacial score (nSPS) is 26.7. The molecule has 244 valence electrons. The van der Waals surface area contributed by atoms with Crippen LogP contribution in [0.15, 0.2) is 30.6 Å². The largest absolute Gasteiger partial charge is 0.530 e. The van der Waals surface area contributed by atoms with Gasteiger partial charge in [-0.25, -0.2) is 23.5 Å². The molecule has 2 saturated heterocycles. The minimum Gasteiger partial charge on any atom is -0.476 e. The number of phosphoric ester groups is 1. The van der Waals surface area contributed by atoms with Crippen molar-refractivity contribution in [1.29, 1.82) is 0 Å². The van der Waals surface area contributed by atoms with Crippen LogP contribution in [-0.4, -0.2) is 81.9 Å². The van der Waals surface area contributed by atoms with Crippen LogP contribution in [0.5, 0.6) is 11.6 Å². The van der Waals surface area contributed by atoms with Crippen molar-refractivity contribution in [1.82, 2.24) is 24.8 Å². The van der Waals surface area contributed by atoms with Crippen molar-refractivity contribution in [2.24, 2.45) is 0 Å². The molecule has 0 saturated carbocycles. The lowest BCUT2D eigenvalue weighted by atomic mass is 9.98. The summed E-state index contributed by atoms with van der Waals surface area (Å²) in [5, 5.41) is 2.45.